The number of benzene rings is 1. The molecule has 3 heteroatoms. The Morgan fingerprint density at radius 1 is 1.27 bits per heavy atom. The van der Waals surface area contributed by atoms with Gasteiger partial charge in [0.15, 0.2) is 0 Å². The number of rotatable bonds is 4. The molecule has 0 aliphatic rings. The van der Waals surface area contributed by atoms with Gasteiger partial charge in [0, 0.05) is 18.0 Å². The molecule has 1 aromatic carbocycles. The van der Waals surface area contributed by atoms with Crippen LogP contribution in [-0.4, -0.2) is 12.3 Å². The van der Waals surface area contributed by atoms with E-state index in [9.17, 15) is 0 Å². The number of hydrogen-bond donors (Lipinski definition) is 2. The summed E-state index contributed by atoms with van der Waals surface area (Å²) in [6.07, 6.45) is 0. The topological polar surface area (TPSA) is 38.0 Å². The van der Waals surface area contributed by atoms with Gasteiger partial charge >= 0.3 is 0 Å². The lowest BCUT2D eigenvalue weighted by atomic mass is 10.3. The Balaban J connectivity index is 2.28. The molecule has 0 bridgehead atoms. The lowest BCUT2D eigenvalue weighted by molar-refractivity contribution is 1.15. The number of anilines is 1. The molecule has 0 heterocycles. The first-order valence-corrected chi connectivity index (χ1v) is 4.55. The highest BCUT2D eigenvalue weighted by Crippen LogP contribution is 2.10. The zero-order valence-corrected chi connectivity index (χ0v) is 7.10. The summed E-state index contributed by atoms with van der Waals surface area (Å²) in [5.74, 6) is 0.939. The predicted octanol–water partition coefficient (Wildman–Crippen LogP) is 1.71. The third kappa shape index (κ3) is 3.30. The molecule has 3 N–H and O–H groups in total. The highest BCUT2D eigenvalue weighted by molar-refractivity contribution is 8.00. The fraction of sp³-hybridized carbons (Fsp3) is 0.250. The van der Waals surface area contributed by atoms with Gasteiger partial charge in [-0.25, -0.2) is 0 Å². The van der Waals surface area contributed by atoms with Crippen LogP contribution < -0.4 is 10.5 Å². The second kappa shape index (κ2) is 5.04. The maximum absolute atomic E-state index is 5.33. The molecule has 11 heavy (non-hydrogen) atoms. The lowest BCUT2D eigenvalue weighted by Crippen LogP contribution is -2.03. The minimum atomic E-state index is 0.713. The minimum Gasteiger partial charge on any atom is -0.330 e. The van der Waals surface area contributed by atoms with Crippen LogP contribution in [0.2, 0.25) is 0 Å². The Hall–Kier alpha value is -0.670. The zero-order valence-electron chi connectivity index (χ0n) is 6.29. The monoisotopic (exact) mass is 168 g/mol. The van der Waals surface area contributed by atoms with E-state index in [1.165, 1.54) is 0 Å². The highest BCUT2D eigenvalue weighted by atomic mass is 32.2. The molecule has 0 saturated heterocycles. The van der Waals surface area contributed by atoms with Gasteiger partial charge in [-0.3, -0.25) is 0 Å². The molecule has 0 radical (unpaired) electrons. The van der Waals surface area contributed by atoms with Gasteiger partial charge in [0.25, 0.3) is 0 Å². The summed E-state index contributed by atoms with van der Waals surface area (Å²) in [4.78, 5) is 0. The summed E-state index contributed by atoms with van der Waals surface area (Å²) in [6.45, 7) is 0.713. The van der Waals surface area contributed by atoms with E-state index in [1.54, 1.807) is 11.9 Å². The summed E-state index contributed by atoms with van der Waals surface area (Å²) in [5, 5.41) is 0. The van der Waals surface area contributed by atoms with Gasteiger partial charge in [-0.2, -0.15) is 0 Å². The molecule has 0 atom stereocenters. The zero-order chi connectivity index (χ0) is 7.94. The molecule has 0 amide bonds. The lowest BCUT2D eigenvalue weighted by Gasteiger charge is -2.02. The van der Waals surface area contributed by atoms with Crippen molar-refractivity contribution in [3.05, 3.63) is 30.3 Å². The molecule has 0 spiro atoms. The van der Waals surface area contributed by atoms with Crippen LogP contribution in [0, 0.1) is 0 Å². The molecule has 0 fully saturated rings. The van der Waals surface area contributed by atoms with Crippen molar-refractivity contribution in [2.24, 2.45) is 5.73 Å². The maximum Gasteiger partial charge on any atom is 0.0440 e. The van der Waals surface area contributed by atoms with Crippen molar-refractivity contribution in [2.45, 2.75) is 0 Å². The van der Waals surface area contributed by atoms with Crippen LogP contribution in [0.3, 0.4) is 0 Å². The standard InChI is InChI=1S/C8H12N2S/c9-6-7-11-10-8-4-2-1-3-5-8/h1-5,10H,6-7,9H2. The molecule has 2 nitrogen and oxygen atoms in total. The summed E-state index contributed by atoms with van der Waals surface area (Å²) >= 11 is 1.63. The molecule has 0 unspecified atom stereocenters. The van der Waals surface area contributed by atoms with Crippen molar-refractivity contribution in [1.82, 2.24) is 0 Å². The first kappa shape index (κ1) is 8.43. The summed E-state index contributed by atoms with van der Waals surface area (Å²) < 4.78 is 3.18. The van der Waals surface area contributed by atoms with E-state index in [0.29, 0.717) is 6.54 Å². The van der Waals surface area contributed by atoms with E-state index in [4.69, 9.17) is 5.73 Å². The highest BCUT2D eigenvalue weighted by Gasteiger charge is 1.87. The predicted molar refractivity (Wildman–Crippen MR) is 51.6 cm³/mol. The third-order valence-electron chi connectivity index (χ3n) is 1.18. The van der Waals surface area contributed by atoms with Crippen molar-refractivity contribution in [2.75, 3.05) is 17.0 Å². The van der Waals surface area contributed by atoms with E-state index >= 15 is 0 Å². The average Bonchev–Trinajstić information content (AvgIpc) is 2.07. The number of nitrogens with one attached hydrogen (secondary N) is 1. The molecule has 1 rings (SSSR count). The third-order valence-corrected chi connectivity index (χ3v) is 2.00. The molecule has 0 aromatic heterocycles. The van der Waals surface area contributed by atoms with E-state index < -0.39 is 0 Å². The molecule has 60 valence electrons. The second-order valence-corrected chi connectivity index (χ2v) is 3.01. The van der Waals surface area contributed by atoms with Crippen molar-refractivity contribution < 1.29 is 0 Å². The summed E-state index contributed by atoms with van der Waals surface area (Å²) in [5.41, 5.74) is 6.46. The van der Waals surface area contributed by atoms with Gasteiger partial charge in [-0.15, -0.1) is 0 Å². The van der Waals surface area contributed by atoms with E-state index in [-0.39, 0.29) is 0 Å². The fourth-order valence-electron chi connectivity index (χ4n) is 0.699. The molecule has 0 aliphatic heterocycles. The molecule has 0 saturated carbocycles. The van der Waals surface area contributed by atoms with Gasteiger partial charge in [-0.1, -0.05) is 30.1 Å². The molecule has 0 aliphatic carbocycles. The Morgan fingerprint density at radius 3 is 2.64 bits per heavy atom. The van der Waals surface area contributed by atoms with Crippen LogP contribution in [0.1, 0.15) is 0 Å². The van der Waals surface area contributed by atoms with Gasteiger partial charge in [0.05, 0.1) is 0 Å². The van der Waals surface area contributed by atoms with Gasteiger partial charge in [-0.05, 0) is 12.1 Å². The number of nitrogens with two attached hydrogens (primary N) is 1. The van der Waals surface area contributed by atoms with E-state index in [1.807, 2.05) is 30.3 Å². The maximum atomic E-state index is 5.33. The first-order valence-electron chi connectivity index (χ1n) is 3.56. The Kier molecular flexibility index (Phi) is 3.86. The van der Waals surface area contributed by atoms with Crippen LogP contribution >= 0.6 is 11.9 Å². The van der Waals surface area contributed by atoms with Gasteiger partial charge in [0.1, 0.15) is 0 Å². The van der Waals surface area contributed by atoms with Crippen molar-refractivity contribution in [1.29, 1.82) is 0 Å². The SMILES string of the molecule is NCCSNc1ccccc1. The van der Waals surface area contributed by atoms with Crippen molar-refractivity contribution >= 4 is 17.6 Å². The Labute approximate surface area is 71.3 Å². The van der Waals surface area contributed by atoms with E-state index in [0.717, 1.165) is 11.4 Å². The van der Waals surface area contributed by atoms with Crippen LogP contribution in [0.5, 0.6) is 0 Å². The van der Waals surface area contributed by atoms with Crippen LogP contribution in [0.25, 0.3) is 0 Å². The summed E-state index contributed by atoms with van der Waals surface area (Å²) in [7, 11) is 0. The Morgan fingerprint density at radius 2 is 2.00 bits per heavy atom. The van der Waals surface area contributed by atoms with Crippen molar-refractivity contribution in [3.63, 3.8) is 0 Å². The van der Waals surface area contributed by atoms with Crippen LogP contribution in [0.4, 0.5) is 5.69 Å². The fourth-order valence-corrected chi connectivity index (χ4v) is 1.22. The number of hydrogen-bond acceptors (Lipinski definition) is 3. The van der Waals surface area contributed by atoms with E-state index in [2.05, 4.69) is 4.72 Å². The number of para-hydroxylation sites is 1. The minimum absolute atomic E-state index is 0.713. The quantitative estimate of drug-likeness (QED) is 0.531. The average molecular weight is 168 g/mol. The summed E-state index contributed by atoms with van der Waals surface area (Å²) in [6, 6.07) is 10.1. The molecular weight excluding hydrogens is 156 g/mol. The van der Waals surface area contributed by atoms with Gasteiger partial charge in [0.2, 0.25) is 0 Å². The van der Waals surface area contributed by atoms with Crippen LogP contribution in [-0.2, 0) is 0 Å². The smallest absolute Gasteiger partial charge is 0.0440 e. The van der Waals surface area contributed by atoms with Crippen molar-refractivity contribution in [3.8, 4) is 0 Å². The molecule has 1 aromatic rings. The second-order valence-electron chi connectivity index (χ2n) is 2.11. The first-order chi connectivity index (χ1) is 5.43. The molecular formula is C8H12N2S. The van der Waals surface area contributed by atoms with Gasteiger partial charge < -0.3 is 10.5 Å². The Bertz CT molecular complexity index is 189. The normalized spacial score (nSPS) is 9.55. The van der Waals surface area contributed by atoms with Crippen LogP contribution in [0.15, 0.2) is 30.3 Å². The largest absolute Gasteiger partial charge is 0.330 e.